The van der Waals surface area contributed by atoms with E-state index in [-0.39, 0.29) is 0 Å². The summed E-state index contributed by atoms with van der Waals surface area (Å²) in [6.07, 6.45) is 3.59. The van der Waals surface area contributed by atoms with Crippen molar-refractivity contribution in [3.05, 3.63) is 29.3 Å². The van der Waals surface area contributed by atoms with Crippen molar-refractivity contribution in [2.24, 2.45) is 5.73 Å². The summed E-state index contributed by atoms with van der Waals surface area (Å²) in [6.45, 7) is 4.67. The molecule has 3 nitrogen and oxygen atoms in total. The van der Waals surface area contributed by atoms with Gasteiger partial charge < -0.3 is 15.4 Å². The van der Waals surface area contributed by atoms with Crippen LogP contribution in [0.25, 0.3) is 0 Å². The predicted octanol–water partition coefficient (Wildman–Crippen LogP) is 2.11. The van der Waals surface area contributed by atoms with Gasteiger partial charge >= 0.3 is 0 Å². The maximum atomic E-state index is 5.62. The molecule has 1 aliphatic carbocycles. The molecular weight excluding hydrogens is 224 g/mol. The monoisotopic (exact) mass is 248 g/mol. The minimum absolute atomic E-state index is 0.718. The Morgan fingerprint density at radius 3 is 2.72 bits per heavy atom. The molecule has 0 aromatic heterocycles. The highest BCUT2D eigenvalue weighted by atomic mass is 16.5. The molecule has 0 saturated heterocycles. The van der Waals surface area contributed by atoms with Crippen LogP contribution < -0.4 is 10.6 Å². The molecular formula is C15H24N2O. The zero-order valence-corrected chi connectivity index (χ0v) is 11.5. The van der Waals surface area contributed by atoms with E-state index in [1.165, 1.54) is 29.7 Å². The van der Waals surface area contributed by atoms with Gasteiger partial charge in [-0.2, -0.15) is 0 Å². The van der Waals surface area contributed by atoms with E-state index in [1.807, 2.05) is 0 Å². The van der Waals surface area contributed by atoms with Gasteiger partial charge in [0.05, 0.1) is 6.61 Å². The normalized spacial score (nSPS) is 14.8. The lowest BCUT2D eigenvalue weighted by atomic mass is 10.0. The summed E-state index contributed by atoms with van der Waals surface area (Å²) in [5.41, 5.74) is 9.66. The molecule has 0 unspecified atom stereocenters. The number of hydrogen-bond donors (Lipinski definition) is 1. The molecule has 1 aromatic carbocycles. The van der Waals surface area contributed by atoms with Crippen molar-refractivity contribution >= 4 is 5.69 Å². The Balaban J connectivity index is 2.12. The topological polar surface area (TPSA) is 38.5 Å². The third-order valence-electron chi connectivity index (χ3n) is 3.60. The number of hydrogen-bond acceptors (Lipinski definition) is 3. The van der Waals surface area contributed by atoms with Gasteiger partial charge in [-0.3, -0.25) is 0 Å². The maximum Gasteiger partial charge on any atom is 0.0637 e. The van der Waals surface area contributed by atoms with Gasteiger partial charge in [0.1, 0.15) is 0 Å². The highest BCUT2D eigenvalue weighted by Gasteiger charge is 2.29. The van der Waals surface area contributed by atoms with Gasteiger partial charge in [-0.25, -0.2) is 0 Å². The fraction of sp³-hybridized carbons (Fsp3) is 0.600. The number of aryl methyl sites for hydroxylation is 1. The number of ether oxygens (including phenoxy) is 1. The van der Waals surface area contributed by atoms with Gasteiger partial charge in [-0.1, -0.05) is 6.07 Å². The van der Waals surface area contributed by atoms with Gasteiger partial charge in [0.15, 0.2) is 0 Å². The van der Waals surface area contributed by atoms with Gasteiger partial charge in [0.25, 0.3) is 0 Å². The first kappa shape index (κ1) is 13.4. The van der Waals surface area contributed by atoms with Crippen molar-refractivity contribution < 1.29 is 4.74 Å². The summed E-state index contributed by atoms with van der Waals surface area (Å²) in [6, 6.07) is 7.46. The summed E-state index contributed by atoms with van der Waals surface area (Å²) in [7, 11) is 1.76. The molecule has 1 aromatic rings. The average molecular weight is 248 g/mol. The van der Waals surface area contributed by atoms with Crippen LogP contribution in [-0.2, 0) is 11.2 Å². The van der Waals surface area contributed by atoms with Gasteiger partial charge in [-0.05, 0) is 56.0 Å². The Kier molecular flexibility index (Phi) is 4.61. The number of benzene rings is 1. The van der Waals surface area contributed by atoms with Crippen molar-refractivity contribution in [3.8, 4) is 0 Å². The first-order valence-electron chi connectivity index (χ1n) is 6.81. The van der Waals surface area contributed by atoms with E-state index in [1.54, 1.807) is 7.11 Å². The van der Waals surface area contributed by atoms with Gasteiger partial charge in [0.2, 0.25) is 0 Å². The van der Waals surface area contributed by atoms with Crippen molar-refractivity contribution in [2.75, 3.05) is 31.7 Å². The largest absolute Gasteiger partial charge is 0.383 e. The molecule has 3 heteroatoms. The molecule has 1 saturated carbocycles. The van der Waals surface area contributed by atoms with Crippen LogP contribution in [0.3, 0.4) is 0 Å². The SMILES string of the molecule is COCCN(c1ccc(CCN)c(C)c1)C1CC1. The van der Waals surface area contributed by atoms with Crippen molar-refractivity contribution in [1.29, 1.82) is 0 Å². The van der Waals surface area contributed by atoms with Crippen molar-refractivity contribution in [1.82, 2.24) is 0 Å². The lowest BCUT2D eigenvalue weighted by molar-refractivity contribution is 0.205. The third-order valence-corrected chi connectivity index (χ3v) is 3.60. The fourth-order valence-corrected chi connectivity index (χ4v) is 2.39. The number of rotatable bonds is 7. The van der Waals surface area contributed by atoms with Gasteiger partial charge in [0, 0.05) is 25.4 Å². The maximum absolute atomic E-state index is 5.62. The standard InChI is InChI=1S/C15H24N2O/c1-12-11-15(4-3-13(12)7-8-16)17(9-10-18-2)14-5-6-14/h3-4,11,14H,5-10,16H2,1-2H3. The van der Waals surface area contributed by atoms with E-state index in [9.17, 15) is 0 Å². The zero-order valence-electron chi connectivity index (χ0n) is 11.5. The molecule has 0 radical (unpaired) electrons. The summed E-state index contributed by atoms with van der Waals surface area (Å²) in [5.74, 6) is 0. The lowest BCUT2D eigenvalue weighted by Gasteiger charge is -2.25. The molecule has 0 amide bonds. The van der Waals surface area contributed by atoms with E-state index in [2.05, 4.69) is 30.0 Å². The quantitative estimate of drug-likeness (QED) is 0.803. The summed E-state index contributed by atoms with van der Waals surface area (Å²) >= 11 is 0. The summed E-state index contributed by atoms with van der Waals surface area (Å²) in [5, 5.41) is 0. The van der Waals surface area contributed by atoms with Crippen LogP contribution in [0.1, 0.15) is 24.0 Å². The summed E-state index contributed by atoms with van der Waals surface area (Å²) in [4.78, 5) is 2.47. The second kappa shape index (κ2) is 6.21. The van der Waals surface area contributed by atoms with E-state index in [0.717, 1.165) is 32.2 Å². The van der Waals surface area contributed by atoms with Crippen LogP contribution >= 0.6 is 0 Å². The summed E-state index contributed by atoms with van der Waals surface area (Å²) < 4.78 is 5.21. The van der Waals surface area contributed by atoms with Crippen LogP contribution in [0.4, 0.5) is 5.69 Å². The zero-order chi connectivity index (χ0) is 13.0. The molecule has 2 N–H and O–H groups in total. The first-order chi connectivity index (χ1) is 8.76. The fourth-order valence-electron chi connectivity index (χ4n) is 2.39. The smallest absolute Gasteiger partial charge is 0.0637 e. The molecule has 1 fully saturated rings. The van der Waals surface area contributed by atoms with Crippen molar-refractivity contribution in [2.45, 2.75) is 32.2 Å². The van der Waals surface area contributed by atoms with E-state index in [4.69, 9.17) is 10.5 Å². The number of anilines is 1. The Morgan fingerprint density at radius 1 is 1.39 bits per heavy atom. The Labute approximate surface area is 110 Å². The molecule has 0 aliphatic heterocycles. The Hall–Kier alpha value is -1.06. The Morgan fingerprint density at radius 2 is 2.17 bits per heavy atom. The predicted molar refractivity (Wildman–Crippen MR) is 76.2 cm³/mol. The van der Waals surface area contributed by atoms with Crippen LogP contribution in [0.2, 0.25) is 0 Å². The lowest BCUT2D eigenvalue weighted by Crippen LogP contribution is -2.29. The number of nitrogens with zero attached hydrogens (tertiary/aromatic N) is 1. The van der Waals surface area contributed by atoms with E-state index in [0.29, 0.717) is 0 Å². The average Bonchev–Trinajstić information content (AvgIpc) is 3.17. The molecule has 0 bridgehead atoms. The molecule has 100 valence electrons. The molecule has 1 aliphatic rings. The number of methoxy groups -OCH3 is 1. The van der Waals surface area contributed by atoms with Crippen molar-refractivity contribution in [3.63, 3.8) is 0 Å². The van der Waals surface area contributed by atoms with E-state index < -0.39 is 0 Å². The van der Waals surface area contributed by atoms with Crippen LogP contribution in [-0.4, -0.2) is 32.8 Å². The molecule has 0 heterocycles. The third kappa shape index (κ3) is 3.24. The van der Waals surface area contributed by atoms with Crippen LogP contribution in [0, 0.1) is 6.92 Å². The van der Waals surface area contributed by atoms with Gasteiger partial charge in [-0.15, -0.1) is 0 Å². The van der Waals surface area contributed by atoms with Crippen LogP contribution in [0.15, 0.2) is 18.2 Å². The molecule has 18 heavy (non-hydrogen) atoms. The minimum Gasteiger partial charge on any atom is -0.383 e. The van der Waals surface area contributed by atoms with E-state index >= 15 is 0 Å². The highest BCUT2D eigenvalue weighted by molar-refractivity contribution is 5.52. The number of nitrogens with two attached hydrogens (primary N) is 1. The van der Waals surface area contributed by atoms with Crippen LogP contribution in [0.5, 0.6) is 0 Å². The molecule has 0 spiro atoms. The molecule has 2 rings (SSSR count). The second-order valence-corrected chi connectivity index (χ2v) is 5.07. The second-order valence-electron chi connectivity index (χ2n) is 5.07. The highest BCUT2D eigenvalue weighted by Crippen LogP contribution is 2.32. The minimum atomic E-state index is 0.718. The molecule has 0 atom stereocenters. The Bertz CT molecular complexity index is 388. The first-order valence-corrected chi connectivity index (χ1v) is 6.81.